The molecule has 0 radical (unpaired) electrons. The molecular formula is C40H42N2O7. The van der Waals surface area contributed by atoms with Crippen molar-refractivity contribution in [2.24, 2.45) is 0 Å². The number of carbonyl (C=O) groups is 2. The second-order valence-electron chi connectivity index (χ2n) is 12.3. The van der Waals surface area contributed by atoms with E-state index in [1.807, 2.05) is 57.2 Å². The molecule has 0 bridgehead atoms. The van der Waals surface area contributed by atoms with Crippen LogP contribution in [0.1, 0.15) is 69.4 Å². The Hall–Kier alpha value is -5.80. The van der Waals surface area contributed by atoms with Gasteiger partial charge in [-0.25, -0.2) is 0 Å². The van der Waals surface area contributed by atoms with Crippen LogP contribution >= 0.6 is 0 Å². The maximum Gasteiger partial charge on any atom is 0.315 e. The van der Waals surface area contributed by atoms with Crippen LogP contribution in [0, 0.1) is 29.6 Å². The number of nitrogens with zero attached hydrogens (tertiary/aromatic N) is 2. The summed E-state index contributed by atoms with van der Waals surface area (Å²) in [4.78, 5) is 24.4. The van der Waals surface area contributed by atoms with Crippen molar-refractivity contribution >= 4 is 11.9 Å². The molecule has 0 atom stereocenters. The van der Waals surface area contributed by atoms with Crippen LogP contribution < -0.4 is 4.74 Å². The molecule has 0 aliphatic carbocycles. The number of aryl methyl sites for hydroxylation is 1. The van der Waals surface area contributed by atoms with Crippen molar-refractivity contribution in [3.8, 4) is 51.6 Å². The minimum absolute atomic E-state index is 0.169. The maximum atomic E-state index is 12.3. The summed E-state index contributed by atoms with van der Waals surface area (Å²) in [6, 6.07) is 24.9. The van der Waals surface area contributed by atoms with E-state index in [4.69, 9.17) is 24.7 Å². The molecule has 0 spiro atoms. The van der Waals surface area contributed by atoms with Gasteiger partial charge < -0.3 is 24.4 Å². The number of phenolic OH excluding ortho intramolecular Hbond substituents is 2. The smallest absolute Gasteiger partial charge is 0.315 e. The monoisotopic (exact) mass is 662 g/mol. The molecule has 0 saturated heterocycles. The normalized spacial score (nSPS) is 10.9. The summed E-state index contributed by atoms with van der Waals surface area (Å²) in [6.45, 7) is 13.1. The van der Waals surface area contributed by atoms with Gasteiger partial charge in [-0.05, 0) is 119 Å². The molecule has 0 saturated carbocycles. The van der Waals surface area contributed by atoms with Crippen molar-refractivity contribution in [3.05, 3.63) is 101 Å². The van der Waals surface area contributed by atoms with Gasteiger partial charge in [-0.15, -0.1) is 0 Å². The fourth-order valence-electron chi connectivity index (χ4n) is 5.26. The molecular weight excluding hydrogens is 620 g/mol. The van der Waals surface area contributed by atoms with Gasteiger partial charge in [0.15, 0.2) is 0 Å². The average molecular weight is 663 g/mol. The number of carbonyl (C=O) groups excluding carboxylic acids is 2. The highest BCUT2D eigenvalue weighted by atomic mass is 16.5. The molecule has 254 valence electrons. The summed E-state index contributed by atoms with van der Waals surface area (Å²) in [7, 11) is 1.60. The average Bonchev–Trinajstić information content (AvgIpc) is 3.08. The van der Waals surface area contributed by atoms with Crippen LogP contribution in [0.2, 0.25) is 0 Å². The lowest BCUT2D eigenvalue weighted by atomic mass is 9.82. The van der Waals surface area contributed by atoms with Gasteiger partial charge in [0, 0.05) is 5.56 Å². The van der Waals surface area contributed by atoms with Crippen LogP contribution in [0.5, 0.6) is 17.2 Å². The third kappa shape index (κ3) is 8.38. The van der Waals surface area contributed by atoms with E-state index in [0.717, 1.165) is 22.3 Å². The molecule has 0 aromatic heterocycles. The molecule has 4 rings (SSSR count). The Morgan fingerprint density at radius 1 is 0.694 bits per heavy atom. The van der Waals surface area contributed by atoms with Crippen molar-refractivity contribution in [2.75, 3.05) is 20.3 Å². The predicted molar refractivity (Wildman–Crippen MR) is 187 cm³/mol. The Balaban J connectivity index is 0.000000266. The Bertz CT molecular complexity index is 1910. The standard InChI is InChI=1S/C21H23NO3.C19H19NO4/c1-6-25-20(23)21(3,4)17-10-14(2)19(18(12-17)24-5)16-9-7-8-15(11-16)13-22;1-4-24-18(23)19(2,3)14-9-15(21)17(16(22)10-14)13-7-5-6-12(8-13)11-20/h7-12H,6H2,1-5H3;5-10,21-22H,4H2,1-3H3. The van der Waals surface area contributed by atoms with E-state index in [0.29, 0.717) is 34.6 Å². The summed E-state index contributed by atoms with van der Waals surface area (Å²) >= 11 is 0. The maximum absolute atomic E-state index is 12.3. The first-order valence-electron chi connectivity index (χ1n) is 15.8. The van der Waals surface area contributed by atoms with Gasteiger partial charge in [-0.1, -0.05) is 30.3 Å². The highest BCUT2D eigenvalue weighted by Gasteiger charge is 2.34. The fraction of sp³-hybridized carbons (Fsp3) is 0.300. The molecule has 0 aliphatic heterocycles. The highest BCUT2D eigenvalue weighted by molar-refractivity contribution is 5.85. The van der Waals surface area contributed by atoms with E-state index in [9.17, 15) is 19.8 Å². The highest BCUT2D eigenvalue weighted by Crippen LogP contribution is 2.42. The van der Waals surface area contributed by atoms with Crippen molar-refractivity contribution in [3.63, 3.8) is 0 Å². The van der Waals surface area contributed by atoms with Gasteiger partial charge >= 0.3 is 11.9 Å². The molecule has 49 heavy (non-hydrogen) atoms. The Kier molecular flexibility index (Phi) is 12.2. The van der Waals surface area contributed by atoms with Gasteiger partial charge in [0.1, 0.15) is 17.2 Å². The third-order valence-electron chi connectivity index (χ3n) is 8.19. The van der Waals surface area contributed by atoms with Gasteiger partial charge in [-0.3, -0.25) is 9.59 Å². The molecule has 4 aromatic carbocycles. The van der Waals surface area contributed by atoms with Crippen molar-refractivity contribution in [1.29, 1.82) is 10.5 Å². The molecule has 9 nitrogen and oxygen atoms in total. The van der Waals surface area contributed by atoms with Crippen LogP contribution in [0.4, 0.5) is 0 Å². The number of ether oxygens (including phenoxy) is 3. The van der Waals surface area contributed by atoms with Gasteiger partial charge in [0.05, 0.1) is 60.0 Å². The minimum atomic E-state index is -1.02. The first-order valence-corrected chi connectivity index (χ1v) is 15.8. The summed E-state index contributed by atoms with van der Waals surface area (Å²) < 4.78 is 15.8. The van der Waals surface area contributed by atoms with Gasteiger partial charge in [0.25, 0.3) is 0 Å². The van der Waals surface area contributed by atoms with Crippen LogP contribution in [0.3, 0.4) is 0 Å². The second-order valence-corrected chi connectivity index (χ2v) is 12.3. The zero-order valence-electron chi connectivity index (χ0n) is 29.2. The minimum Gasteiger partial charge on any atom is -0.507 e. The number of rotatable bonds is 9. The SMILES string of the molecule is CCOC(=O)C(C)(C)c1cc(C)c(-c2cccc(C#N)c2)c(OC)c1.CCOC(=O)C(C)(C)c1cc(O)c(-c2cccc(C#N)c2)c(O)c1. The Morgan fingerprint density at radius 3 is 1.53 bits per heavy atom. The Labute approximate surface area is 287 Å². The molecule has 2 N–H and O–H groups in total. The summed E-state index contributed by atoms with van der Waals surface area (Å²) in [5.41, 5.74) is 4.03. The van der Waals surface area contributed by atoms with Crippen LogP contribution in [-0.2, 0) is 29.9 Å². The summed E-state index contributed by atoms with van der Waals surface area (Å²) in [5.74, 6) is -0.379. The number of aromatic hydroxyl groups is 2. The molecule has 0 unspecified atom stereocenters. The lowest BCUT2D eigenvalue weighted by molar-refractivity contribution is -0.149. The van der Waals surface area contributed by atoms with Crippen molar-refractivity contribution in [1.82, 2.24) is 0 Å². The van der Waals surface area contributed by atoms with E-state index >= 15 is 0 Å². The second kappa shape index (κ2) is 15.9. The number of nitriles is 2. The molecule has 9 heteroatoms. The first-order chi connectivity index (χ1) is 23.2. The van der Waals surface area contributed by atoms with Crippen LogP contribution in [-0.4, -0.2) is 42.5 Å². The largest absolute Gasteiger partial charge is 0.507 e. The number of phenols is 2. The van der Waals surface area contributed by atoms with E-state index in [1.165, 1.54) is 12.1 Å². The van der Waals surface area contributed by atoms with Crippen molar-refractivity contribution < 1.29 is 34.0 Å². The quantitative estimate of drug-likeness (QED) is 0.171. The summed E-state index contributed by atoms with van der Waals surface area (Å²) in [6.07, 6.45) is 0. The van der Waals surface area contributed by atoms with E-state index in [-0.39, 0.29) is 29.6 Å². The number of methoxy groups -OCH3 is 1. The van der Waals surface area contributed by atoms with E-state index in [2.05, 4.69) is 6.07 Å². The van der Waals surface area contributed by atoms with Crippen LogP contribution in [0.15, 0.2) is 72.8 Å². The molecule has 0 aliphatic rings. The number of hydrogen-bond donors (Lipinski definition) is 2. The third-order valence-corrected chi connectivity index (χ3v) is 8.19. The number of esters is 2. The number of benzene rings is 4. The Morgan fingerprint density at radius 2 is 1.12 bits per heavy atom. The van der Waals surface area contributed by atoms with E-state index in [1.54, 1.807) is 65.1 Å². The molecule has 0 fully saturated rings. The first kappa shape index (κ1) is 37.7. The predicted octanol–water partition coefficient (Wildman–Crippen LogP) is 7.86. The van der Waals surface area contributed by atoms with Crippen LogP contribution in [0.25, 0.3) is 22.3 Å². The number of hydrogen-bond acceptors (Lipinski definition) is 9. The van der Waals surface area contributed by atoms with E-state index < -0.39 is 16.8 Å². The topological polar surface area (TPSA) is 150 Å². The molecule has 0 amide bonds. The van der Waals surface area contributed by atoms with Gasteiger partial charge in [0.2, 0.25) is 0 Å². The lowest BCUT2D eigenvalue weighted by Crippen LogP contribution is -2.31. The molecule has 0 heterocycles. The molecule has 4 aromatic rings. The van der Waals surface area contributed by atoms with Crippen molar-refractivity contribution in [2.45, 2.75) is 59.3 Å². The van der Waals surface area contributed by atoms with Gasteiger partial charge in [-0.2, -0.15) is 10.5 Å². The zero-order chi connectivity index (χ0) is 36.5. The summed E-state index contributed by atoms with van der Waals surface area (Å²) in [5, 5.41) is 38.9. The zero-order valence-corrected chi connectivity index (χ0v) is 29.2. The lowest BCUT2D eigenvalue weighted by Gasteiger charge is -2.25. The fourth-order valence-corrected chi connectivity index (χ4v) is 5.26.